The Morgan fingerprint density at radius 3 is 2.43 bits per heavy atom. The van der Waals surface area contributed by atoms with Crippen LogP contribution in [-0.2, 0) is 0 Å². The number of rotatable bonds is 5. The molecular formula is C17H23N3O2S. The lowest BCUT2D eigenvalue weighted by Gasteiger charge is -2.28. The summed E-state index contributed by atoms with van der Waals surface area (Å²) in [7, 11) is 0. The number of amides is 2. The van der Waals surface area contributed by atoms with Crippen LogP contribution < -0.4 is 5.32 Å². The Kier molecular flexibility index (Phi) is 5.74. The smallest absolute Gasteiger partial charge is 0.322 e. The van der Waals surface area contributed by atoms with Gasteiger partial charge in [-0.3, -0.25) is 0 Å². The highest BCUT2D eigenvalue weighted by molar-refractivity contribution is 7.09. The number of carbonyl (C=O) groups is 1. The molecule has 0 spiro atoms. The molecular weight excluding hydrogens is 310 g/mol. The van der Waals surface area contributed by atoms with Crippen molar-refractivity contribution in [3.05, 3.63) is 34.7 Å². The van der Waals surface area contributed by atoms with Crippen molar-refractivity contribution in [2.75, 3.05) is 11.9 Å². The fourth-order valence-electron chi connectivity index (χ4n) is 2.23. The molecule has 0 aliphatic heterocycles. The van der Waals surface area contributed by atoms with Crippen LogP contribution in [0.15, 0.2) is 29.6 Å². The first-order valence-corrected chi connectivity index (χ1v) is 8.53. The van der Waals surface area contributed by atoms with Gasteiger partial charge in [-0.1, -0.05) is 12.1 Å². The maximum atomic E-state index is 12.3. The normalized spacial score (nSPS) is 12.3. The molecule has 0 fully saturated rings. The molecule has 6 heteroatoms. The zero-order valence-corrected chi connectivity index (χ0v) is 14.7. The second-order valence-corrected chi connectivity index (χ2v) is 6.92. The molecule has 0 aliphatic carbocycles. The summed E-state index contributed by atoms with van der Waals surface area (Å²) in [6, 6.07) is 7.42. The quantitative estimate of drug-likeness (QED) is 0.876. The lowest BCUT2D eigenvalue weighted by molar-refractivity contribution is 0.125. The molecule has 0 radical (unpaired) electrons. The Bertz CT molecular complexity index is 650. The molecule has 5 nitrogen and oxygen atoms in total. The number of aromatic nitrogens is 1. The minimum absolute atomic E-state index is 0.0156. The van der Waals surface area contributed by atoms with Crippen molar-refractivity contribution >= 4 is 23.1 Å². The second kappa shape index (κ2) is 7.57. The third-order valence-corrected chi connectivity index (χ3v) is 4.17. The topological polar surface area (TPSA) is 65.5 Å². The molecule has 2 aromatic rings. The largest absolute Gasteiger partial charge is 0.392 e. The number of aliphatic hydroxyl groups excluding tert-OH is 1. The first-order chi connectivity index (χ1) is 10.9. The molecule has 1 aromatic heterocycles. The van der Waals surface area contributed by atoms with E-state index in [4.69, 9.17) is 0 Å². The predicted octanol–water partition coefficient (Wildman–Crippen LogP) is 3.74. The molecule has 1 atom stereocenters. The summed E-state index contributed by atoms with van der Waals surface area (Å²) in [6.07, 6.45) is -0.557. The molecule has 2 N–H and O–H groups in total. The zero-order valence-electron chi connectivity index (χ0n) is 13.9. The standard InChI is InChI=1S/C17H23N3O2S/c1-11(2)20(9-12(3)21)17(22)19-15-7-5-14(6-8-15)16-10-23-13(4)18-16/h5-8,10-12,21H,9H2,1-4H3,(H,19,22). The Labute approximate surface area is 141 Å². The van der Waals surface area contributed by atoms with Crippen LogP contribution in [0.25, 0.3) is 11.3 Å². The number of benzene rings is 1. The molecule has 0 saturated carbocycles. The van der Waals surface area contributed by atoms with Gasteiger partial charge in [0.05, 0.1) is 16.8 Å². The van der Waals surface area contributed by atoms with Crippen LogP contribution in [0.2, 0.25) is 0 Å². The summed E-state index contributed by atoms with van der Waals surface area (Å²) in [5.74, 6) is 0. The first kappa shape index (κ1) is 17.4. The van der Waals surface area contributed by atoms with Crippen LogP contribution in [0.5, 0.6) is 0 Å². The molecule has 1 aromatic carbocycles. The number of hydrogen-bond donors (Lipinski definition) is 2. The molecule has 2 rings (SSSR count). The van der Waals surface area contributed by atoms with Crippen molar-refractivity contribution in [1.82, 2.24) is 9.88 Å². The second-order valence-electron chi connectivity index (χ2n) is 5.85. The summed E-state index contributed by atoms with van der Waals surface area (Å²) in [5.41, 5.74) is 2.70. The number of hydrogen-bond acceptors (Lipinski definition) is 4. The number of nitrogens with zero attached hydrogens (tertiary/aromatic N) is 2. The van der Waals surface area contributed by atoms with Gasteiger partial charge >= 0.3 is 6.03 Å². The van der Waals surface area contributed by atoms with Gasteiger partial charge in [0.2, 0.25) is 0 Å². The van der Waals surface area contributed by atoms with Crippen molar-refractivity contribution in [3.8, 4) is 11.3 Å². The highest BCUT2D eigenvalue weighted by Crippen LogP contribution is 2.23. The maximum Gasteiger partial charge on any atom is 0.322 e. The predicted molar refractivity (Wildman–Crippen MR) is 94.8 cm³/mol. The Hall–Kier alpha value is -1.92. The monoisotopic (exact) mass is 333 g/mol. The minimum atomic E-state index is -0.557. The van der Waals surface area contributed by atoms with Crippen LogP contribution in [0.1, 0.15) is 25.8 Å². The third kappa shape index (κ3) is 4.77. The molecule has 0 bridgehead atoms. The van der Waals surface area contributed by atoms with Crippen molar-refractivity contribution < 1.29 is 9.90 Å². The van der Waals surface area contributed by atoms with E-state index in [2.05, 4.69) is 10.3 Å². The molecule has 0 saturated heterocycles. The van der Waals surface area contributed by atoms with E-state index in [9.17, 15) is 9.90 Å². The highest BCUT2D eigenvalue weighted by Gasteiger charge is 2.18. The van der Waals surface area contributed by atoms with Crippen LogP contribution in [0.3, 0.4) is 0 Å². The van der Waals surface area contributed by atoms with Gasteiger partial charge in [0.25, 0.3) is 0 Å². The molecule has 124 valence electrons. The van der Waals surface area contributed by atoms with Crippen molar-refractivity contribution in [1.29, 1.82) is 0 Å². The third-order valence-electron chi connectivity index (χ3n) is 3.40. The van der Waals surface area contributed by atoms with Gasteiger partial charge in [-0.05, 0) is 39.8 Å². The molecule has 2 amide bonds. The lowest BCUT2D eigenvalue weighted by atomic mass is 10.1. The highest BCUT2D eigenvalue weighted by atomic mass is 32.1. The number of aliphatic hydroxyl groups is 1. The average molecular weight is 333 g/mol. The number of anilines is 1. The van der Waals surface area contributed by atoms with E-state index in [1.807, 2.05) is 50.4 Å². The molecule has 0 aliphatic rings. The summed E-state index contributed by atoms with van der Waals surface area (Å²) >= 11 is 1.62. The van der Waals surface area contributed by atoms with Crippen molar-refractivity contribution in [3.63, 3.8) is 0 Å². The Morgan fingerprint density at radius 2 is 1.96 bits per heavy atom. The summed E-state index contributed by atoms with van der Waals surface area (Å²) in [4.78, 5) is 18.4. The van der Waals surface area contributed by atoms with Crippen LogP contribution in [-0.4, -0.2) is 39.7 Å². The number of thiazole rings is 1. The lowest BCUT2D eigenvalue weighted by Crippen LogP contribution is -2.43. The molecule has 1 heterocycles. The van der Waals surface area contributed by atoms with E-state index >= 15 is 0 Å². The number of carbonyl (C=O) groups excluding carboxylic acids is 1. The van der Waals surface area contributed by atoms with E-state index in [1.54, 1.807) is 23.2 Å². The van der Waals surface area contributed by atoms with Gasteiger partial charge in [-0.25, -0.2) is 9.78 Å². The molecule has 1 unspecified atom stereocenters. The Balaban J connectivity index is 2.06. The first-order valence-electron chi connectivity index (χ1n) is 7.65. The van der Waals surface area contributed by atoms with Crippen LogP contribution >= 0.6 is 11.3 Å². The summed E-state index contributed by atoms with van der Waals surface area (Å²) < 4.78 is 0. The van der Waals surface area contributed by atoms with Crippen molar-refractivity contribution in [2.24, 2.45) is 0 Å². The number of urea groups is 1. The van der Waals surface area contributed by atoms with Gasteiger partial charge in [0.1, 0.15) is 0 Å². The SMILES string of the molecule is Cc1nc(-c2ccc(NC(=O)N(CC(C)O)C(C)C)cc2)cs1. The van der Waals surface area contributed by atoms with Crippen LogP contribution in [0.4, 0.5) is 10.5 Å². The summed E-state index contributed by atoms with van der Waals surface area (Å²) in [5, 5.41) is 15.4. The fraction of sp³-hybridized carbons (Fsp3) is 0.412. The van der Waals surface area contributed by atoms with Gasteiger partial charge in [0.15, 0.2) is 0 Å². The van der Waals surface area contributed by atoms with Gasteiger partial charge < -0.3 is 15.3 Å². The van der Waals surface area contributed by atoms with Crippen molar-refractivity contribution in [2.45, 2.75) is 39.8 Å². The maximum absolute atomic E-state index is 12.3. The van der Waals surface area contributed by atoms with Crippen LogP contribution in [0, 0.1) is 6.92 Å². The van der Waals surface area contributed by atoms with E-state index in [-0.39, 0.29) is 12.1 Å². The minimum Gasteiger partial charge on any atom is -0.392 e. The van der Waals surface area contributed by atoms with E-state index in [1.165, 1.54) is 0 Å². The zero-order chi connectivity index (χ0) is 17.0. The van der Waals surface area contributed by atoms with E-state index in [0.717, 1.165) is 22.0 Å². The van der Waals surface area contributed by atoms with E-state index < -0.39 is 6.10 Å². The summed E-state index contributed by atoms with van der Waals surface area (Å²) in [6.45, 7) is 7.81. The van der Waals surface area contributed by atoms with Gasteiger partial charge in [-0.15, -0.1) is 11.3 Å². The van der Waals surface area contributed by atoms with Gasteiger partial charge in [0, 0.05) is 29.2 Å². The van der Waals surface area contributed by atoms with Gasteiger partial charge in [-0.2, -0.15) is 0 Å². The molecule has 23 heavy (non-hydrogen) atoms. The Morgan fingerprint density at radius 1 is 1.30 bits per heavy atom. The number of aryl methyl sites for hydroxylation is 1. The van der Waals surface area contributed by atoms with E-state index in [0.29, 0.717) is 6.54 Å². The number of nitrogens with one attached hydrogen (secondary N) is 1. The fourth-order valence-corrected chi connectivity index (χ4v) is 2.85. The average Bonchev–Trinajstić information content (AvgIpc) is 2.91.